The predicted molar refractivity (Wildman–Crippen MR) is 144 cm³/mol. The zero-order valence-corrected chi connectivity index (χ0v) is 22.2. The minimum Gasteiger partial charge on any atom is -0.399 e. The van der Waals surface area contributed by atoms with Gasteiger partial charge in [0.1, 0.15) is 11.6 Å². The molecule has 7 nitrogen and oxygen atoms in total. The van der Waals surface area contributed by atoms with E-state index in [0.717, 1.165) is 54.3 Å². The number of aromatic nitrogens is 2. The molecule has 2 aliphatic rings. The van der Waals surface area contributed by atoms with Gasteiger partial charge in [-0.1, -0.05) is 6.07 Å². The maximum Gasteiger partial charge on any atom is 0.416 e. The number of halogens is 3. The number of nitrogens with one attached hydrogen (secondary N) is 1. The summed E-state index contributed by atoms with van der Waals surface area (Å²) < 4.78 is 45.5. The topological polar surface area (TPSA) is 93.4 Å². The van der Waals surface area contributed by atoms with Crippen molar-refractivity contribution in [2.45, 2.75) is 57.7 Å². The van der Waals surface area contributed by atoms with Gasteiger partial charge in [-0.05, 0) is 86.9 Å². The first kappa shape index (κ1) is 27.2. The molecule has 1 aliphatic carbocycles. The number of aryl methyl sites for hydroxylation is 1. The predicted octanol–water partition coefficient (Wildman–Crippen LogP) is 5.84. The minimum absolute atomic E-state index is 0.0576. The number of morpholine rings is 1. The summed E-state index contributed by atoms with van der Waals surface area (Å²) in [6.45, 7) is 6.13. The molecule has 1 amide bonds. The van der Waals surface area contributed by atoms with Crippen LogP contribution in [0, 0.1) is 12.8 Å². The van der Waals surface area contributed by atoms with Gasteiger partial charge in [0.25, 0.3) is 0 Å². The molecule has 1 saturated heterocycles. The summed E-state index contributed by atoms with van der Waals surface area (Å²) in [7, 11) is 0. The van der Waals surface area contributed by atoms with Crippen molar-refractivity contribution >= 4 is 28.3 Å². The molecule has 1 atom stereocenters. The molecule has 1 aromatic heterocycles. The second-order valence-corrected chi connectivity index (χ2v) is 10.6. The number of hydrogen-bond acceptors (Lipinski definition) is 6. The van der Waals surface area contributed by atoms with E-state index in [0.29, 0.717) is 49.4 Å². The van der Waals surface area contributed by atoms with Crippen molar-refractivity contribution in [3.63, 3.8) is 0 Å². The largest absolute Gasteiger partial charge is 0.416 e. The third-order valence-electron chi connectivity index (χ3n) is 7.86. The van der Waals surface area contributed by atoms with Crippen LogP contribution in [0.4, 0.5) is 24.7 Å². The van der Waals surface area contributed by atoms with Crippen LogP contribution in [0.2, 0.25) is 0 Å². The molecule has 0 bridgehead atoms. The molecule has 10 heteroatoms. The van der Waals surface area contributed by atoms with E-state index in [4.69, 9.17) is 10.5 Å². The number of nitrogens with zero attached hydrogens (tertiary/aromatic N) is 3. The number of carbonyl (C=O) groups excluding carboxylic acids is 1. The molecule has 2 aromatic carbocycles. The summed E-state index contributed by atoms with van der Waals surface area (Å²) in [5, 5.41) is 4.12. The van der Waals surface area contributed by atoms with Crippen LogP contribution in [0.15, 0.2) is 36.4 Å². The average Bonchev–Trinajstić information content (AvgIpc) is 2.92. The summed E-state index contributed by atoms with van der Waals surface area (Å²) in [5.74, 6) is 1.76. The van der Waals surface area contributed by atoms with Crippen LogP contribution < -0.4 is 11.1 Å². The van der Waals surface area contributed by atoms with Crippen LogP contribution in [0.25, 0.3) is 10.9 Å². The monoisotopic (exact) mass is 541 g/mol. The van der Waals surface area contributed by atoms with Crippen LogP contribution in [-0.2, 0) is 15.7 Å². The number of amides is 1. The van der Waals surface area contributed by atoms with Gasteiger partial charge in [-0.3, -0.25) is 4.79 Å². The quantitative estimate of drug-likeness (QED) is 0.394. The number of ether oxygens (including phenoxy) is 1. The lowest BCUT2D eigenvalue weighted by molar-refractivity contribution is -0.140. The Kier molecular flexibility index (Phi) is 7.66. The van der Waals surface area contributed by atoms with Crippen LogP contribution >= 0.6 is 0 Å². The van der Waals surface area contributed by atoms with E-state index in [2.05, 4.69) is 27.4 Å². The van der Waals surface area contributed by atoms with Gasteiger partial charge in [0.05, 0.1) is 30.3 Å². The molecule has 1 saturated carbocycles. The number of benzene rings is 2. The molecule has 0 unspecified atom stereocenters. The van der Waals surface area contributed by atoms with Gasteiger partial charge >= 0.3 is 6.18 Å². The standard InChI is InChI=1S/C29H34F3N5O2/c1-17(22-13-23(29(30,31)32)16-24(33)14-22)34-27-25-15-21(7-8-26(25)35-18(2)36-27)19-3-5-20(6-4-19)28(38)37-9-11-39-12-10-37/h7-8,13-17,19-20H,3-6,9-12,33H2,1-2H3,(H,34,35,36)/t17-,19-,20+/m1/s1. The van der Waals surface area contributed by atoms with Crippen molar-refractivity contribution in [3.05, 3.63) is 58.9 Å². The molecule has 3 N–H and O–H groups in total. The van der Waals surface area contributed by atoms with Crippen molar-refractivity contribution < 1.29 is 22.7 Å². The molecule has 5 rings (SSSR count). The van der Waals surface area contributed by atoms with Crippen molar-refractivity contribution in [2.24, 2.45) is 5.92 Å². The summed E-state index contributed by atoms with van der Waals surface area (Å²) in [6.07, 6.45) is -0.948. The van der Waals surface area contributed by atoms with Gasteiger partial charge in [0.15, 0.2) is 0 Å². The summed E-state index contributed by atoms with van der Waals surface area (Å²) in [4.78, 5) is 24.0. The fraction of sp³-hybridized carbons (Fsp3) is 0.483. The molecule has 39 heavy (non-hydrogen) atoms. The van der Waals surface area contributed by atoms with Crippen LogP contribution in [0.3, 0.4) is 0 Å². The Bertz CT molecular complexity index is 1350. The highest BCUT2D eigenvalue weighted by atomic mass is 19.4. The van der Waals surface area contributed by atoms with Crippen LogP contribution in [0.1, 0.15) is 67.1 Å². The van der Waals surface area contributed by atoms with Crippen molar-refractivity contribution in [1.29, 1.82) is 0 Å². The number of nitrogen functional groups attached to an aromatic ring is 1. The Morgan fingerprint density at radius 2 is 1.79 bits per heavy atom. The van der Waals surface area contributed by atoms with E-state index in [1.165, 1.54) is 0 Å². The Balaban J connectivity index is 1.35. The Labute approximate surface area is 225 Å². The smallest absolute Gasteiger partial charge is 0.399 e. The fourth-order valence-corrected chi connectivity index (χ4v) is 5.72. The number of anilines is 2. The highest BCUT2D eigenvalue weighted by Crippen LogP contribution is 2.39. The third-order valence-corrected chi connectivity index (χ3v) is 7.86. The van der Waals surface area contributed by atoms with Crippen molar-refractivity contribution in [3.8, 4) is 0 Å². The van der Waals surface area contributed by atoms with Crippen LogP contribution in [0.5, 0.6) is 0 Å². The van der Waals surface area contributed by atoms with E-state index in [1.54, 1.807) is 19.9 Å². The summed E-state index contributed by atoms with van der Waals surface area (Å²) in [5.41, 5.74) is 7.42. The first-order chi connectivity index (χ1) is 18.6. The molecule has 0 radical (unpaired) electrons. The third kappa shape index (κ3) is 6.11. The SMILES string of the molecule is Cc1nc(N[C@H](C)c2cc(N)cc(C(F)(F)F)c2)c2cc([C@H]3CC[C@@H](C(=O)N4CCOCC4)CC3)ccc2n1. The number of nitrogens with two attached hydrogens (primary N) is 1. The molecular weight excluding hydrogens is 507 g/mol. The minimum atomic E-state index is -4.48. The number of carbonyl (C=O) groups is 1. The van der Waals surface area contributed by atoms with E-state index >= 15 is 0 Å². The molecule has 2 fully saturated rings. The molecule has 208 valence electrons. The molecule has 3 aromatic rings. The lowest BCUT2D eigenvalue weighted by atomic mass is 9.78. The Hall–Kier alpha value is -3.40. The van der Waals surface area contributed by atoms with E-state index < -0.39 is 17.8 Å². The zero-order valence-electron chi connectivity index (χ0n) is 22.2. The number of rotatable bonds is 5. The second kappa shape index (κ2) is 11.0. The number of alkyl halides is 3. The molecule has 1 aliphatic heterocycles. The zero-order chi connectivity index (χ0) is 27.7. The first-order valence-electron chi connectivity index (χ1n) is 13.5. The maximum absolute atomic E-state index is 13.4. The highest BCUT2D eigenvalue weighted by molar-refractivity contribution is 5.90. The molecular formula is C29H34F3N5O2. The second-order valence-electron chi connectivity index (χ2n) is 10.6. The van der Waals surface area contributed by atoms with Gasteiger partial charge in [-0.2, -0.15) is 13.2 Å². The Morgan fingerprint density at radius 1 is 1.08 bits per heavy atom. The summed E-state index contributed by atoms with van der Waals surface area (Å²) >= 11 is 0. The van der Waals surface area contributed by atoms with Crippen molar-refractivity contribution in [1.82, 2.24) is 14.9 Å². The normalized spacial score (nSPS) is 21.1. The van der Waals surface area contributed by atoms with E-state index in [-0.39, 0.29) is 17.5 Å². The first-order valence-corrected chi connectivity index (χ1v) is 13.5. The summed E-state index contributed by atoms with van der Waals surface area (Å²) in [6, 6.07) is 9.27. The number of hydrogen-bond donors (Lipinski definition) is 2. The van der Waals surface area contributed by atoms with Gasteiger partial charge < -0.3 is 20.7 Å². The molecule has 0 spiro atoms. The average molecular weight is 542 g/mol. The highest BCUT2D eigenvalue weighted by Gasteiger charge is 2.32. The van der Waals surface area contributed by atoms with Crippen molar-refractivity contribution in [2.75, 3.05) is 37.4 Å². The lowest BCUT2D eigenvalue weighted by Gasteiger charge is -2.34. The van der Waals surface area contributed by atoms with Gasteiger partial charge in [-0.15, -0.1) is 0 Å². The van der Waals surface area contributed by atoms with Gasteiger partial charge in [-0.25, -0.2) is 9.97 Å². The number of fused-ring (bicyclic) bond motifs is 1. The van der Waals surface area contributed by atoms with E-state index in [1.807, 2.05) is 11.0 Å². The lowest BCUT2D eigenvalue weighted by Crippen LogP contribution is -2.44. The van der Waals surface area contributed by atoms with Gasteiger partial charge in [0, 0.05) is 30.1 Å². The van der Waals surface area contributed by atoms with E-state index in [9.17, 15) is 18.0 Å². The Morgan fingerprint density at radius 3 is 2.49 bits per heavy atom. The maximum atomic E-state index is 13.4. The van der Waals surface area contributed by atoms with Crippen LogP contribution in [-0.4, -0.2) is 47.1 Å². The van der Waals surface area contributed by atoms with Gasteiger partial charge in [0.2, 0.25) is 5.91 Å². The fourth-order valence-electron chi connectivity index (χ4n) is 5.72. The molecule has 2 heterocycles.